The van der Waals surface area contributed by atoms with Gasteiger partial charge in [0.15, 0.2) is 9.84 Å². The second-order valence-corrected chi connectivity index (χ2v) is 9.77. The Hall–Kier alpha value is -3.01. The van der Waals surface area contributed by atoms with Crippen LogP contribution in [-0.4, -0.2) is 58.3 Å². The number of carbonyl (C=O) groups excluding carboxylic acids is 2. The maximum Gasteiger partial charge on any atom is 0.267 e. The fourth-order valence-electron chi connectivity index (χ4n) is 3.62. The monoisotopic (exact) mass is 429 g/mol. The van der Waals surface area contributed by atoms with Gasteiger partial charge in [-0.1, -0.05) is 24.3 Å². The molecule has 2 aromatic rings. The van der Waals surface area contributed by atoms with Crippen LogP contribution in [-0.2, 0) is 32.5 Å². The van der Waals surface area contributed by atoms with E-state index in [0.717, 1.165) is 11.1 Å². The quantitative estimate of drug-likeness (QED) is 0.727. The summed E-state index contributed by atoms with van der Waals surface area (Å²) in [6.45, 7) is 1.02. The van der Waals surface area contributed by atoms with Gasteiger partial charge in [0, 0.05) is 31.8 Å². The molecular formula is C20H23N5O4S. The van der Waals surface area contributed by atoms with Crippen LogP contribution >= 0.6 is 0 Å². The van der Waals surface area contributed by atoms with Crippen LogP contribution in [0.25, 0.3) is 0 Å². The number of nitrogens with zero attached hydrogens (tertiary/aromatic N) is 4. The van der Waals surface area contributed by atoms with E-state index in [1.165, 1.54) is 5.01 Å². The molecule has 1 N–H and O–H groups in total. The minimum absolute atomic E-state index is 0.0505. The van der Waals surface area contributed by atoms with Gasteiger partial charge in [0.2, 0.25) is 5.91 Å². The predicted molar refractivity (Wildman–Crippen MR) is 110 cm³/mol. The Labute approximate surface area is 174 Å². The van der Waals surface area contributed by atoms with Gasteiger partial charge in [-0.2, -0.15) is 10.2 Å². The van der Waals surface area contributed by atoms with E-state index in [0.29, 0.717) is 19.5 Å². The van der Waals surface area contributed by atoms with Gasteiger partial charge in [-0.15, -0.1) is 0 Å². The van der Waals surface area contributed by atoms with Crippen LogP contribution in [0.2, 0.25) is 0 Å². The number of hydrazone groups is 1. The summed E-state index contributed by atoms with van der Waals surface area (Å²) in [6, 6.07) is 9.26. The number of rotatable bonds is 6. The van der Waals surface area contributed by atoms with Crippen LogP contribution in [0.5, 0.6) is 0 Å². The maximum atomic E-state index is 12.5. The molecule has 1 fully saturated rings. The Morgan fingerprint density at radius 3 is 2.60 bits per heavy atom. The third-order valence-corrected chi connectivity index (χ3v) is 7.01. The average molecular weight is 430 g/mol. The molecule has 9 nitrogen and oxygen atoms in total. The zero-order chi connectivity index (χ0) is 21.1. The smallest absolute Gasteiger partial charge is 0.267 e. The van der Waals surface area contributed by atoms with Gasteiger partial charge in [0.1, 0.15) is 5.71 Å². The summed E-state index contributed by atoms with van der Waals surface area (Å²) in [6.07, 6.45) is 4.40. The molecule has 0 spiro atoms. The Morgan fingerprint density at radius 1 is 1.17 bits per heavy atom. The number of hydrogen-bond acceptors (Lipinski definition) is 6. The molecule has 0 radical (unpaired) electrons. The summed E-state index contributed by atoms with van der Waals surface area (Å²) in [4.78, 5) is 24.7. The molecule has 2 amide bonds. The second kappa shape index (κ2) is 8.39. The molecule has 1 atom stereocenters. The number of nitrogens with one attached hydrogen (secondary N) is 1. The summed E-state index contributed by atoms with van der Waals surface area (Å²) < 4.78 is 25.2. The van der Waals surface area contributed by atoms with Crippen molar-refractivity contribution >= 4 is 27.4 Å². The third-order valence-electron chi connectivity index (χ3n) is 5.26. The average Bonchev–Trinajstić information content (AvgIpc) is 3.36. The standard InChI is InChI=1S/C20H23N5O4S/c26-19-7-6-18(23-25(19)17-8-11-30(28,29)14-17)20(27)21-12-15-2-4-16(5-3-15)13-24-10-1-9-22-24/h1-5,9-10,17H,6-8,11-14H2,(H,21,27). The molecular weight excluding hydrogens is 406 g/mol. The minimum Gasteiger partial charge on any atom is -0.347 e. The molecule has 2 aliphatic rings. The summed E-state index contributed by atoms with van der Waals surface area (Å²) in [5, 5.41) is 12.4. The molecule has 10 heteroatoms. The minimum atomic E-state index is -3.14. The van der Waals surface area contributed by atoms with Crippen molar-refractivity contribution in [3.05, 3.63) is 53.9 Å². The summed E-state index contributed by atoms with van der Waals surface area (Å²) in [7, 11) is -3.14. The number of carbonyl (C=O) groups is 2. The van der Waals surface area contributed by atoms with E-state index in [2.05, 4.69) is 15.5 Å². The van der Waals surface area contributed by atoms with Gasteiger partial charge in [0.05, 0.1) is 24.1 Å². The van der Waals surface area contributed by atoms with Gasteiger partial charge in [-0.25, -0.2) is 13.4 Å². The molecule has 158 valence electrons. The third kappa shape index (κ3) is 4.76. The first-order valence-corrected chi connectivity index (χ1v) is 11.7. The van der Waals surface area contributed by atoms with E-state index in [1.807, 2.05) is 41.2 Å². The first-order valence-electron chi connectivity index (χ1n) is 9.83. The normalized spacial score (nSPS) is 20.8. The Bertz CT molecular complexity index is 1060. The van der Waals surface area contributed by atoms with Gasteiger partial charge >= 0.3 is 0 Å². The zero-order valence-electron chi connectivity index (χ0n) is 16.4. The van der Waals surface area contributed by atoms with Crippen molar-refractivity contribution in [1.82, 2.24) is 20.1 Å². The fraction of sp³-hybridized carbons (Fsp3) is 0.400. The van der Waals surface area contributed by atoms with Crippen molar-refractivity contribution in [2.75, 3.05) is 11.5 Å². The van der Waals surface area contributed by atoms with Crippen LogP contribution in [0.3, 0.4) is 0 Å². The van der Waals surface area contributed by atoms with E-state index in [4.69, 9.17) is 0 Å². The first kappa shape index (κ1) is 20.3. The molecule has 0 saturated carbocycles. The van der Waals surface area contributed by atoms with Crippen LogP contribution in [0.4, 0.5) is 0 Å². The Morgan fingerprint density at radius 2 is 1.93 bits per heavy atom. The number of amides is 2. The summed E-state index contributed by atoms with van der Waals surface area (Å²) in [5.41, 5.74) is 2.30. The highest BCUT2D eigenvalue weighted by Crippen LogP contribution is 2.22. The van der Waals surface area contributed by atoms with Gasteiger partial charge in [0.25, 0.3) is 5.91 Å². The molecule has 1 unspecified atom stereocenters. The van der Waals surface area contributed by atoms with Crippen LogP contribution in [0.15, 0.2) is 47.8 Å². The number of sulfone groups is 1. The highest BCUT2D eigenvalue weighted by atomic mass is 32.2. The molecule has 4 rings (SSSR count). The molecule has 2 aliphatic heterocycles. The van der Waals surface area contributed by atoms with E-state index < -0.39 is 15.9 Å². The second-order valence-electron chi connectivity index (χ2n) is 7.54. The predicted octanol–water partition coefficient (Wildman–Crippen LogP) is 0.713. The summed E-state index contributed by atoms with van der Waals surface area (Å²) >= 11 is 0. The Kier molecular flexibility index (Phi) is 5.67. The van der Waals surface area contributed by atoms with Crippen molar-refractivity contribution in [1.29, 1.82) is 0 Å². The lowest BCUT2D eigenvalue weighted by molar-refractivity contribution is -0.133. The van der Waals surface area contributed by atoms with Gasteiger partial charge in [-0.05, 0) is 23.6 Å². The first-order chi connectivity index (χ1) is 14.4. The lowest BCUT2D eigenvalue weighted by atomic mass is 10.1. The van der Waals surface area contributed by atoms with Crippen molar-refractivity contribution < 1.29 is 18.0 Å². The van der Waals surface area contributed by atoms with Crippen LogP contribution < -0.4 is 5.32 Å². The van der Waals surface area contributed by atoms with Crippen molar-refractivity contribution in [3.8, 4) is 0 Å². The number of benzene rings is 1. The maximum absolute atomic E-state index is 12.5. The molecule has 0 aliphatic carbocycles. The molecule has 1 aromatic heterocycles. The van der Waals surface area contributed by atoms with Crippen LogP contribution in [0.1, 0.15) is 30.4 Å². The molecule has 0 bridgehead atoms. The van der Waals surface area contributed by atoms with Crippen molar-refractivity contribution in [2.24, 2.45) is 5.10 Å². The molecule has 1 saturated heterocycles. The highest BCUT2D eigenvalue weighted by molar-refractivity contribution is 7.91. The molecule has 1 aromatic carbocycles. The highest BCUT2D eigenvalue weighted by Gasteiger charge is 2.37. The molecule has 30 heavy (non-hydrogen) atoms. The van der Waals surface area contributed by atoms with Crippen molar-refractivity contribution in [3.63, 3.8) is 0 Å². The number of aromatic nitrogens is 2. The van der Waals surface area contributed by atoms with Crippen molar-refractivity contribution in [2.45, 2.75) is 38.4 Å². The summed E-state index contributed by atoms with van der Waals surface area (Å²) in [5.74, 6) is -0.618. The van der Waals surface area contributed by atoms with E-state index in [1.54, 1.807) is 6.20 Å². The number of hydrogen-bond donors (Lipinski definition) is 1. The topological polar surface area (TPSA) is 114 Å². The zero-order valence-corrected chi connectivity index (χ0v) is 17.2. The van der Waals surface area contributed by atoms with E-state index in [9.17, 15) is 18.0 Å². The van der Waals surface area contributed by atoms with E-state index in [-0.39, 0.29) is 41.9 Å². The molecule has 3 heterocycles. The van der Waals surface area contributed by atoms with E-state index >= 15 is 0 Å². The van der Waals surface area contributed by atoms with Crippen LogP contribution in [0, 0.1) is 0 Å². The van der Waals surface area contributed by atoms with Gasteiger partial charge in [-0.3, -0.25) is 14.3 Å². The lowest BCUT2D eigenvalue weighted by Gasteiger charge is -2.27. The SMILES string of the molecule is O=C(NCc1ccc(Cn2cccn2)cc1)C1=NN(C2CCS(=O)(=O)C2)C(=O)CC1. The lowest BCUT2D eigenvalue weighted by Crippen LogP contribution is -2.43. The van der Waals surface area contributed by atoms with Gasteiger partial charge < -0.3 is 5.32 Å². The Balaban J connectivity index is 1.35. The largest absolute Gasteiger partial charge is 0.347 e. The fourth-order valence-corrected chi connectivity index (χ4v) is 5.31.